The molecule has 0 aliphatic rings. The molecule has 4 rings (SSSR count). The van der Waals surface area contributed by atoms with Crippen LogP contribution in [0.4, 0.5) is 0 Å². The number of para-hydroxylation sites is 3. The number of benzene rings is 3. The van der Waals surface area contributed by atoms with Crippen molar-refractivity contribution in [2.45, 2.75) is 46.3 Å². The van der Waals surface area contributed by atoms with Gasteiger partial charge in [0.2, 0.25) is 0 Å². The molecule has 4 aromatic rings. The summed E-state index contributed by atoms with van der Waals surface area (Å²) >= 11 is 0. The van der Waals surface area contributed by atoms with E-state index in [1.165, 1.54) is 11.1 Å². The van der Waals surface area contributed by atoms with E-state index in [1.54, 1.807) is 0 Å². The predicted molar refractivity (Wildman–Crippen MR) is 126 cm³/mol. The van der Waals surface area contributed by atoms with Crippen molar-refractivity contribution in [1.29, 1.82) is 0 Å². The molecule has 0 unspecified atom stereocenters. The molecule has 1 aromatic heterocycles. The zero-order chi connectivity index (χ0) is 21.6. The van der Waals surface area contributed by atoms with Gasteiger partial charge in [-0.2, -0.15) is 0 Å². The van der Waals surface area contributed by atoms with Gasteiger partial charge in [-0.3, -0.25) is 0 Å². The number of aryl methyl sites for hydroxylation is 1. The minimum atomic E-state index is 0.419. The smallest absolute Gasteiger partial charge is 0.148 e. The Balaban J connectivity index is 1.50. The lowest BCUT2D eigenvalue weighted by atomic mass is 10.0. The zero-order valence-corrected chi connectivity index (χ0v) is 18.5. The van der Waals surface area contributed by atoms with E-state index in [1.807, 2.05) is 42.5 Å². The Morgan fingerprint density at radius 3 is 2.39 bits per heavy atom. The summed E-state index contributed by atoms with van der Waals surface area (Å²) in [5.41, 5.74) is 4.61. The molecule has 160 valence electrons. The van der Waals surface area contributed by atoms with Gasteiger partial charge in [0, 0.05) is 0 Å². The topological polar surface area (TPSA) is 36.3 Å². The molecule has 31 heavy (non-hydrogen) atoms. The Bertz CT molecular complexity index is 1130. The summed E-state index contributed by atoms with van der Waals surface area (Å²) in [6.45, 7) is 8.23. The van der Waals surface area contributed by atoms with Crippen LogP contribution in [0.5, 0.6) is 11.5 Å². The van der Waals surface area contributed by atoms with Crippen molar-refractivity contribution < 1.29 is 9.47 Å². The van der Waals surface area contributed by atoms with Gasteiger partial charge in [-0.1, -0.05) is 63.2 Å². The SMILES string of the molecule is CCc1ccc(OCc2nc3ccccc3n2CCOc2ccccc2C(C)C)cc1. The van der Waals surface area contributed by atoms with Gasteiger partial charge >= 0.3 is 0 Å². The molecule has 0 radical (unpaired) electrons. The molecule has 0 spiro atoms. The molecule has 4 nitrogen and oxygen atoms in total. The molecule has 3 aromatic carbocycles. The number of nitrogens with zero attached hydrogens (tertiary/aromatic N) is 2. The van der Waals surface area contributed by atoms with E-state index < -0.39 is 0 Å². The number of fused-ring (bicyclic) bond motifs is 1. The lowest BCUT2D eigenvalue weighted by molar-refractivity contribution is 0.271. The Kier molecular flexibility index (Phi) is 6.56. The van der Waals surface area contributed by atoms with Crippen LogP contribution >= 0.6 is 0 Å². The molecule has 0 aliphatic carbocycles. The maximum absolute atomic E-state index is 6.17. The predicted octanol–water partition coefficient (Wildman–Crippen LogP) is 6.38. The van der Waals surface area contributed by atoms with E-state index in [-0.39, 0.29) is 0 Å². The summed E-state index contributed by atoms with van der Waals surface area (Å²) in [7, 11) is 0. The molecular formula is C27H30N2O2. The molecule has 0 aliphatic heterocycles. The molecule has 0 amide bonds. The summed E-state index contributed by atoms with van der Waals surface area (Å²) in [6.07, 6.45) is 1.02. The van der Waals surface area contributed by atoms with Gasteiger partial charge in [-0.15, -0.1) is 0 Å². The molecule has 0 saturated carbocycles. The first-order valence-corrected chi connectivity index (χ1v) is 11.0. The molecule has 1 heterocycles. The second-order valence-corrected chi connectivity index (χ2v) is 8.00. The number of hydrogen-bond donors (Lipinski definition) is 0. The highest BCUT2D eigenvalue weighted by Gasteiger charge is 2.12. The first-order valence-electron chi connectivity index (χ1n) is 11.0. The third-order valence-electron chi connectivity index (χ3n) is 5.55. The van der Waals surface area contributed by atoms with Gasteiger partial charge in [-0.25, -0.2) is 4.98 Å². The average Bonchev–Trinajstić information content (AvgIpc) is 3.16. The second kappa shape index (κ2) is 9.69. The highest BCUT2D eigenvalue weighted by atomic mass is 16.5. The molecule has 0 fully saturated rings. The maximum Gasteiger partial charge on any atom is 0.148 e. The highest BCUT2D eigenvalue weighted by molar-refractivity contribution is 5.75. The van der Waals surface area contributed by atoms with Gasteiger partial charge in [0.25, 0.3) is 0 Å². The molecule has 0 saturated heterocycles. The summed E-state index contributed by atoms with van der Waals surface area (Å²) in [5.74, 6) is 3.14. The van der Waals surface area contributed by atoms with E-state index in [4.69, 9.17) is 14.5 Å². The van der Waals surface area contributed by atoms with E-state index >= 15 is 0 Å². The molecule has 4 heteroatoms. The Hall–Kier alpha value is -3.27. The van der Waals surface area contributed by atoms with Crippen LogP contribution in [0.2, 0.25) is 0 Å². The van der Waals surface area contributed by atoms with Crippen molar-refractivity contribution in [3.63, 3.8) is 0 Å². The van der Waals surface area contributed by atoms with Crippen molar-refractivity contribution in [2.24, 2.45) is 0 Å². The zero-order valence-electron chi connectivity index (χ0n) is 18.5. The van der Waals surface area contributed by atoms with Crippen LogP contribution in [0.1, 0.15) is 43.6 Å². The lowest BCUT2D eigenvalue weighted by Gasteiger charge is -2.15. The average molecular weight is 415 g/mol. The van der Waals surface area contributed by atoms with Crippen LogP contribution in [0, 0.1) is 0 Å². The van der Waals surface area contributed by atoms with Gasteiger partial charge in [0.1, 0.15) is 30.5 Å². The largest absolute Gasteiger partial charge is 0.491 e. The quantitative estimate of drug-likeness (QED) is 0.319. The number of ether oxygens (including phenoxy) is 2. The minimum absolute atomic E-state index is 0.419. The van der Waals surface area contributed by atoms with Gasteiger partial charge in [0.15, 0.2) is 0 Å². The van der Waals surface area contributed by atoms with Crippen LogP contribution in [-0.2, 0) is 19.6 Å². The first-order chi connectivity index (χ1) is 15.2. The fourth-order valence-corrected chi connectivity index (χ4v) is 3.79. The fourth-order valence-electron chi connectivity index (χ4n) is 3.79. The summed E-state index contributed by atoms with van der Waals surface area (Å²) in [5, 5.41) is 0. The van der Waals surface area contributed by atoms with Crippen molar-refractivity contribution in [1.82, 2.24) is 9.55 Å². The highest BCUT2D eigenvalue weighted by Crippen LogP contribution is 2.26. The number of aromatic nitrogens is 2. The van der Waals surface area contributed by atoms with Crippen LogP contribution in [0.3, 0.4) is 0 Å². The Morgan fingerprint density at radius 1 is 0.871 bits per heavy atom. The standard InChI is InChI=1S/C27H30N2O2/c1-4-21-13-15-22(16-14-21)31-19-27-28-24-10-6-7-11-25(24)29(27)17-18-30-26-12-8-5-9-23(26)20(2)3/h5-16,20H,4,17-19H2,1-3H3. The normalized spacial score (nSPS) is 11.2. The molecule has 0 bridgehead atoms. The summed E-state index contributed by atoms with van der Waals surface area (Å²) < 4.78 is 14.4. The number of rotatable bonds is 9. The van der Waals surface area contributed by atoms with Crippen LogP contribution < -0.4 is 9.47 Å². The fraction of sp³-hybridized carbons (Fsp3) is 0.296. The van der Waals surface area contributed by atoms with E-state index in [0.717, 1.165) is 34.8 Å². The minimum Gasteiger partial charge on any atom is -0.491 e. The second-order valence-electron chi connectivity index (χ2n) is 8.00. The molecule has 0 atom stereocenters. The van der Waals surface area contributed by atoms with E-state index in [0.29, 0.717) is 25.7 Å². The monoisotopic (exact) mass is 414 g/mol. The van der Waals surface area contributed by atoms with E-state index in [9.17, 15) is 0 Å². The summed E-state index contributed by atoms with van der Waals surface area (Å²) in [6, 6.07) is 24.7. The van der Waals surface area contributed by atoms with Crippen LogP contribution in [-0.4, -0.2) is 16.2 Å². The number of imidazole rings is 1. The van der Waals surface area contributed by atoms with Crippen LogP contribution in [0.25, 0.3) is 11.0 Å². The van der Waals surface area contributed by atoms with Gasteiger partial charge < -0.3 is 14.0 Å². The van der Waals surface area contributed by atoms with Crippen molar-refractivity contribution in [3.05, 3.63) is 89.7 Å². The van der Waals surface area contributed by atoms with Crippen LogP contribution in [0.15, 0.2) is 72.8 Å². The Morgan fingerprint density at radius 2 is 1.61 bits per heavy atom. The van der Waals surface area contributed by atoms with Gasteiger partial charge in [0.05, 0.1) is 17.6 Å². The van der Waals surface area contributed by atoms with E-state index in [2.05, 4.69) is 55.7 Å². The summed E-state index contributed by atoms with van der Waals surface area (Å²) in [4.78, 5) is 4.82. The maximum atomic E-state index is 6.17. The Labute approximate surface area is 184 Å². The van der Waals surface area contributed by atoms with Gasteiger partial charge in [-0.05, 0) is 53.8 Å². The van der Waals surface area contributed by atoms with Crippen molar-refractivity contribution >= 4 is 11.0 Å². The molecular weight excluding hydrogens is 384 g/mol. The lowest BCUT2D eigenvalue weighted by Crippen LogP contribution is -2.13. The van der Waals surface area contributed by atoms with Crippen molar-refractivity contribution in [2.75, 3.05) is 6.61 Å². The third-order valence-corrected chi connectivity index (χ3v) is 5.55. The first kappa shape index (κ1) is 21.0. The number of hydrogen-bond acceptors (Lipinski definition) is 3. The third kappa shape index (κ3) is 4.91. The molecule has 0 N–H and O–H groups in total. The van der Waals surface area contributed by atoms with Crippen molar-refractivity contribution in [3.8, 4) is 11.5 Å².